The van der Waals surface area contributed by atoms with E-state index in [1.165, 1.54) is 15.8 Å². The highest BCUT2D eigenvalue weighted by Gasteiger charge is 2.49. The van der Waals surface area contributed by atoms with Gasteiger partial charge in [0.2, 0.25) is 11.8 Å². The van der Waals surface area contributed by atoms with Crippen LogP contribution in [0.4, 0.5) is 0 Å². The molecule has 2 heterocycles. The van der Waals surface area contributed by atoms with Gasteiger partial charge in [0.1, 0.15) is 0 Å². The molecule has 3 N–H and O–H groups in total. The normalized spacial score (nSPS) is 24.5. The molecule has 2 unspecified atom stereocenters. The van der Waals surface area contributed by atoms with E-state index < -0.39 is 5.91 Å². The maximum Gasteiger partial charge on any atom is 0.287 e. The van der Waals surface area contributed by atoms with E-state index in [1.54, 1.807) is 0 Å². The monoisotopic (exact) mass is 292 g/mol. The molecule has 2 atom stereocenters. The van der Waals surface area contributed by atoms with Gasteiger partial charge in [0, 0.05) is 6.54 Å². The fourth-order valence-corrected chi connectivity index (χ4v) is 3.07. The van der Waals surface area contributed by atoms with Crippen molar-refractivity contribution in [2.45, 2.75) is 25.8 Å². The number of likely N-dealkylation sites (tertiary alicyclic amines) is 1. The Balaban J connectivity index is 1.63. The molecule has 2 aliphatic rings. The molecule has 21 heavy (non-hydrogen) atoms. The summed E-state index contributed by atoms with van der Waals surface area (Å²) in [5, 5.41) is 7.43. The molecule has 1 aromatic heterocycles. The van der Waals surface area contributed by atoms with Crippen LogP contribution in [-0.2, 0) is 16.1 Å². The molecule has 0 bridgehead atoms. The topological polar surface area (TPSA) is 123 Å². The predicted octanol–water partition coefficient (Wildman–Crippen LogP) is -1.33. The Kier molecular flexibility index (Phi) is 3.42. The number of nitrogen functional groups attached to an aromatic ring is 1. The standard InChI is InChI=1S/C12H16N6O3/c13-14-10(19)9-6-17(16-15-9)4-5-18-11(20)7-2-1-3-8(7)12(18)21/h6-8H,1-5,13H2,(H,14,19). The van der Waals surface area contributed by atoms with Crippen molar-refractivity contribution in [2.75, 3.05) is 6.54 Å². The number of rotatable bonds is 4. The summed E-state index contributed by atoms with van der Waals surface area (Å²) in [5.74, 6) is 4.04. The van der Waals surface area contributed by atoms with Crippen molar-refractivity contribution in [3.05, 3.63) is 11.9 Å². The highest BCUT2D eigenvalue weighted by Crippen LogP contribution is 2.39. The van der Waals surface area contributed by atoms with Crippen LogP contribution in [0.2, 0.25) is 0 Å². The van der Waals surface area contributed by atoms with Gasteiger partial charge < -0.3 is 0 Å². The van der Waals surface area contributed by atoms with Crippen LogP contribution in [-0.4, -0.2) is 44.2 Å². The molecule has 1 saturated carbocycles. The van der Waals surface area contributed by atoms with Crippen LogP contribution >= 0.6 is 0 Å². The molecule has 2 fully saturated rings. The summed E-state index contributed by atoms with van der Waals surface area (Å²) in [7, 11) is 0. The number of nitrogens with two attached hydrogens (primary N) is 1. The summed E-state index contributed by atoms with van der Waals surface area (Å²) in [6, 6.07) is 0. The quantitative estimate of drug-likeness (QED) is 0.306. The second-order valence-corrected chi connectivity index (χ2v) is 5.31. The van der Waals surface area contributed by atoms with Crippen LogP contribution in [0.25, 0.3) is 0 Å². The molecule has 1 aliphatic carbocycles. The smallest absolute Gasteiger partial charge is 0.287 e. The zero-order chi connectivity index (χ0) is 15.0. The van der Waals surface area contributed by atoms with Crippen LogP contribution in [0.1, 0.15) is 29.8 Å². The summed E-state index contributed by atoms with van der Waals surface area (Å²) >= 11 is 0. The molecule has 9 heteroatoms. The van der Waals surface area contributed by atoms with Gasteiger partial charge in [0.25, 0.3) is 5.91 Å². The van der Waals surface area contributed by atoms with Gasteiger partial charge in [-0.15, -0.1) is 5.10 Å². The van der Waals surface area contributed by atoms with E-state index in [2.05, 4.69) is 10.3 Å². The number of amides is 3. The SMILES string of the molecule is NNC(=O)c1cn(CCN2C(=O)C3CCCC3C2=O)nn1. The zero-order valence-electron chi connectivity index (χ0n) is 11.4. The van der Waals surface area contributed by atoms with Gasteiger partial charge in [0.15, 0.2) is 5.69 Å². The number of carbonyl (C=O) groups is 3. The fraction of sp³-hybridized carbons (Fsp3) is 0.583. The Labute approximate surface area is 120 Å². The van der Waals surface area contributed by atoms with Crippen LogP contribution in [0.15, 0.2) is 6.20 Å². The Bertz CT molecular complexity index is 576. The van der Waals surface area contributed by atoms with Gasteiger partial charge in [0.05, 0.1) is 24.6 Å². The van der Waals surface area contributed by atoms with E-state index in [0.29, 0.717) is 6.54 Å². The number of nitrogens with zero attached hydrogens (tertiary/aromatic N) is 4. The van der Waals surface area contributed by atoms with Crippen molar-refractivity contribution in [1.29, 1.82) is 0 Å². The zero-order valence-corrected chi connectivity index (χ0v) is 11.4. The lowest BCUT2D eigenvalue weighted by Gasteiger charge is -2.15. The minimum atomic E-state index is -0.538. The molecule has 112 valence electrons. The van der Waals surface area contributed by atoms with Crippen molar-refractivity contribution in [3.63, 3.8) is 0 Å². The first-order valence-corrected chi connectivity index (χ1v) is 6.88. The first kappa shape index (κ1) is 13.7. The molecule has 0 aromatic carbocycles. The number of aromatic nitrogens is 3. The van der Waals surface area contributed by atoms with Crippen LogP contribution in [0.5, 0.6) is 0 Å². The average Bonchev–Trinajstić information content (AvgIpc) is 3.18. The largest absolute Gasteiger partial charge is 0.289 e. The summed E-state index contributed by atoms with van der Waals surface area (Å²) in [4.78, 5) is 36.9. The van der Waals surface area contributed by atoms with E-state index in [0.717, 1.165) is 19.3 Å². The molecule has 1 aliphatic heterocycles. The number of hydrogen-bond donors (Lipinski definition) is 2. The maximum atomic E-state index is 12.2. The van der Waals surface area contributed by atoms with Crippen LogP contribution < -0.4 is 11.3 Å². The van der Waals surface area contributed by atoms with Crippen molar-refractivity contribution in [1.82, 2.24) is 25.3 Å². The van der Waals surface area contributed by atoms with E-state index in [-0.39, 0.29) is 35.9 Å². The van der Waals surface area contributed by atoms with E-state index >= 15 is 0 Å². The maximum absolute atomic E-state index is 12.2. The van der Waals surface area contributed by atoms with Gasteiger partial charge in [-0.05, 0) is 12.8 Å². The molecular formula is C12H16N6O3. The van der Waals surface area contributed by atoms with Gasteiger partial charge in [-0.2, -0.15) is 0 Å². The lowest BCUT2D eigenvalue weighted by molar-refractivity contribution is -0.140. The fourth-order valence-electron chi connectivity index (χ4n) is 3.07. The molecule has 0 radical (unpaired) electrons. The summed E-state index contributed by atoms with van der Waals surface area (Å²) in [5.41, 5.74) is 2.05. The summed E-state index contributed by atoms with van der Waals surface area (Å²) in [6.07, 6.45) is 3.97. The van der Waals surface area contributed by atoms with E-state index in [9.17, 15) is 14.4 Å². The molecule has 1 saturated heterocycles. The van der Waals surface area contributed by atoms with Crippen LogP contribution in [0.3, 0.4) is 0 Å². The van der Waals surface area contributed by atoms with Gasteiger partial charge >= 0.3 is 0 Å². The Morgan fingerprint density at radius 2 is 1.95 bits per heavy atom. The number of carbonyl (C=O) groups excluding carboxylic acids is 3. The highest BCUT2D eigenvalue weighted by atomic mass is 16.2. The lowest BCUT2D eigenvalue weighted by atomic mass is 10.00. The van der Waals surface area contributed by atoms with Crippen molar-refractivity contribution >= 4 is 17.7 Å². The van der Waals surface area contributed by atoms with Gasteiger partial charge in [-0.3, -0.25) is 24.7 Å². The van der Waals surface area contributed by atoms with Crippen molar-refractivity contribution in [3.8, 4) is 0 Å². The molecule has 3 amide bonds. The second-order valence-electron chi connectivity index (χ2n) is 5.31. The van der Waals surface area contributed by atoms with Crippen molar-refractivity contribution in [2.24, 2.45) is 17.7 Å². The second kappa shape index (κ2) is 5.24. The Morgan fingerprint density at radius 3 is 2.57 bits per heavy atom. The molecule has 3 rings (SSSR count). The first-order valence-electron chi connectivity index (χ1n) is 6.88. The van der Waals surface area contributed by atoms with Gasteiger partial charge in [-0.1, -0.05) is 11.6 Å². The molecule has 9 nitrogen and oxygen atoms in total. The number of imide groups is 1. The molecular weight excluding hydrogens is 276 g/mol. The number of hydrogen-bond acceptors (Lipinski definition) is 6. The third-order valence-electron chi connectivity index (χ3n) is 4.14. The number of fused-ring (bicyclic) bond motifs is 1. The lowest BCUT2D eigenvalue weighted by Crippen LogP contribution is -2.34. The third-order valence-corrected chi connectivity index (χ3v) is 4.14. The predicted molar refractivity (Wildman–Crippen MR) is 69.2 cm³/mol. The first-order chi connectivity index (χ1) is 10.1. The molecule has 1 aromatic rings. The Morgan fingerprint density at radius 1 is 1.29 bits per heavy atom. The minimum Gasteiger partial charge on any atom is -0.289 e. The minimum absolute atomic E-state index is 0.0810. The molecule has 0 spiro atoms. The van der Waals surface area contributed by atoms with Crippen LogP contribution in [0, 0.1) is 11.8 Å². The van der Waals surface area contributed by atoms with E-state index in [1.807, 2.05) is 5.43 Å². The average molecular weight is 292 g/mol. The number of hydrazine groups is 1. The Hall–Kier alpha value is -2.29. The van der Waals surface area contributed by atoms with Crippen molar-refractivity contribution < 1.29 is 14.4 Å². The number of nitrogens with one attached hydrogen (secondary N) is 1. The highest BCUT2D eigenvalue weighted by molar-refractivity contribution is 6.05. The van der Waals surface area contributed by atoms with Gasteiger partial charge in [-0.25, -0.2) is 10.5 Å². The third kappa shape index (κ3) is 2.29. The van der Waals surface area contributed by atoms with E-state index in [4.69, 9.17) is 5.84 Å². The summed E-state index contributed by atoms with van der Waals surface area (Å²) in [6.45, 7) is 0.555. The summed E-state index contributed by atoms with van der Waals surface area (Å²) < 4.78 is 1.42.